The van der Waals surface area contributed by atoms with Gasteiger partial charge in [0.05, 0.1) is 17.8 Å². The van der Waals surface area contributed by atoms with Gasteiger partial charge in [-0.1, -0.05) is 17.7 Å². The number of aryl methyl sites for hydroxylation is 1. The Hall–Kier alpha value is -2.83. The SMILES string of the molecule is Cc1ccc2occ(CN(Cc3ccc4c(c3)OCO4)CC(C)O)c(=O)c2c1. The molecular formula is C22H23NO5. The molecule has 3 aromatic rings. The van der Waals surface area contributed by atoms with Gasteiger partial charge in [-0.25, -0.2) is 0 Å². The molecule has 6 heteroatoms. The number of fused-ring (bicyclic) bond motifs is 2. The maximum atomic E-state index is 12.9. The molecule has 0 aliphatic carbocycles. The summed E-state index contributed by atoms with van der Waals surface area (Å²) in [5.41, 5.74) is 3.15. The van der Waals surface area contributed by atoms with Crippen LogP contribution in [0.3, 0.4) is 0 Å². The number of aliphatic hydroxyl groups is 1. The number of nitrogens with zero attached hydrogens (tertiary/aromatic N) is 1. The van der Waals surface area contributed by atoms with Gasteiger partial charge in [0.15, 0.2) is 16.9 Å². The number of aliphatic hydroxyl groups excluding tert-OH is 1. The third-order valence-electron chi connectivity index (χ3n) is 4.76. The van der Waals surface area contributed by atoms with Gasteiger partial charge in [-0.2, -0.15) is 0 Å². The number of hydrogen-bond acceptors (Lipinski definition) is 6. The highest BCUT2D eigenvalue weighted by atomic mass is 16.7. The first-order valence-corrected chi connectivity index (χ1v) is 9.29. The fourth-order valence-corrected chi connectivity index (χ4v) is 3.49. The van der Waals surface area contributed by atoms with Gasteiger partial charge in [0.25, 0.3) is 0 Å². The summed E-state index contributed by atoms with van der Waals surface area (Å²) in [6, 6.07) is 11.4. The lowest BCUT2D eigenvalue weighted by Gasteiger charge is -2.23. The summed E-state index contributed by atoms with van der Waals surface area (Å²) in [5.74, 6) is 1.45. The van der Waals surface area contributed by atoms with Gasteiger partial charge in [-0.3, -0.25) is 9.69 Å². The van der Waals surface area contributed by atoms with Crippen LogP contribution >= 0.6 is 0 Å². The first-order chi connectivity index (χ1) is 13.5. The van der Waals surface area contributed by atoms with Crippen molar-refractivity contribution in [2.75, 3.05) is 13.3 Å². The molecule has 0 amide bonds. The Kier molecular flexibility index (Phi) is 5.07. The van der Waals surface area contributed by atoms with Gasteiger partial charge in [0, 0.05) is 25.2 Å². The molecule has 6 nitrogen and oxygen atoms in total. The molecule has 28 heavy (non-hydrogen) atoms. The molecule has 146 valence electrons. The van der Waals surface area contributed by atoms with Crippen molar-refractivity contribution in [2.45, 2.75) is 33.0 Å². The van der Waals surface area contributed by atoms with Crippen molar-refractivity contribution in [3.8, 4) is 11.5 Å². The highest BCUT2D eigenvalue weighted by molar-refractivity contribution is 5.77. The van der Waals surface area contributed by atoms with Crippen LogP contribution in [0.1, 0.15) is 23.6 Å². The number of hydrogen-bond donors (Lipinski definition) is 1. The van der Waals surface area contributed by atoms with E-state index in [0.29, 0.717) is 36.2 Å². The molecule has 0 spiro atoms. The second-order valence-corrected chi connectivity index (χ2v) is 7.30. The van der Waals surface area contributed by atoms with Gasteiger partial charge >= 0.3 is 0 Å². The lowest BCUT2D eigenvalue weighted by molar-refractivity contribution is 0.117. The van der Waals surface area contributed by atoms with Gasteiger partial charge in [0.2, 0.25) is 6.79 Å². The summed E-state index contributed by atoms with van der Waals surface area (Å²) in [4.78, 5) is 14.9. The van der Waals surface area contributed by atoms with Crippen LogP contribution in [-0.2, 0) is 13.1 Å². The highest BCUT2D eigenvalue weighted by Gasteiger charge is 2.17. The van der Waals surface area contributed by atoms with Gasteiger partial charge < -0.3 is 19.0 Å². The zero-order valence-electron chi connectivity index (χ0n) is 16.0. The predicted octanol–water partition coefficient (Wildman–Crippen LogP) is 3.21. The van der Waals surface area contributed by atoms with E-state index in [0.717, 1.165) is 22.6 Å². The van der Waals surface area contributed by atoms with E-state index in [4.69, 9.17) is 13.9 Å². The van der Waals surface area contributed by atoms with Gasteiger partial charge in [0.1, 0.15) is 5.58 Å². The van der Waals surface area contributed by atoms with Crippen LogP contribution in [0.15, 0.2) is 51.9 Å². The quantitative estimate of drug-likeness (QED) is 0.707. The van der Waals surface area contributed by atoms with Crippen molar-refractivity contribution < 1.29 is 19.0 Å². The van der Waals surface area contributed by atoms with E-state index >= 15 is 0 Å². The minimum absolute atomic E-state index is 0.0359. The van der Waals surface area contributed by atoms with Crippen molar-refractivity contribution in [2.24, 2.45) is 0 Å². The van der Waals surface area contributed by atoms with Gasteiger partial charge in [-0.05, 0) is 43.7 Å². The molecule has 0 saturated carbocycles. The molecule has 2 heterocycles. The molecule has 0 radical (unpaired) electrons. The molecule has 1 aliphatic rings. The van der Waals surface area contributed by atoms with E-state index in [9.17, 15) is 9.90 Å². The Labute approximate surface area is 162 Å². The molecule has 1 aromatic heterocycles. The first kappa shape index (κ1) is 18.5. The molecule has 2 aromatic carbocycles. The van der Waals surface area contributed by atoms with E-state index in [1.54, 1.807) is 6.92 Å². The maximum Gasteiger partial charge on any atom is 0.231 e. The molecule has 1 unspecified atom stereocenters. The van der Waals surface area contributed by atoms with Crippen LogP contribution in [0.4, 0.5) is 0 Å². The average Bonchev–Trinajstić information content (AvgIpc) is 3.12. The first-order valence-electron chi connectivity index (χ1n) is 9.29. The molecule has 1 atom stereocenters. The largest absolute Gasteiger partial charge is 0.464 e. The topological polar surface area (TPSA) is 72.1 Å². The zero-order chi connectivity index (χ0) is 19.7. The summed E-state index contributed by atoms with van der Waals surface area (Å²) in [5, 5.41) is 10.5. The third kappa shape index (κ3) is 3.88. The maximum absolute atomic E-state index is 12.9. The van der Waals surface area contributed by atoms with Crippen molar-refractivity contribution in [1.29, 1.82) is 0 Å². The minimum Gasteiger partial charge on any atom is -0.464 e. The number of rotatable bonds is 6. The van der Waals surface area contributed by atoms with E-state index in [-0.39, 0.29) is 12.2 Å². The summed E-state index contributed by atoms with van der Waals surface area (Å²) in [6.45, 7) is 5.29. The third-order valence-corrected chi connectivity index (χ3v) is 4.76. The summed E-state index contributed by atoms with van der Waals surface area (Å²) in [7, 11) is 0. The van der Waals surface area contributed by atoms with Crippen LogP contribution in [0.5, 0.6) is 11.5 Å². The molecule has 0 saturated heterocycles. The Morgan fingerprint density at radius 3 is 2.75 bits per heavy atom. The molecule has 1 aliphatic heterocycles. The fraction of sp³-hybridized carbons (Fsp3) is 0.318. The van der Waals surface area contributed by atoms with Crippen LogP contribution < -0.4 is 14.9 Å². The van der Waals surface area contributed by atoms with Crippen molar-refractivity contribution in [3.05, 3.63) is 69.6 Å². The Balaban J connectivity index is 1.61. The van der Waals surface area contributed by atoms with Crippen molar-refractivity contribution >= 4 is 11.0 Å². The Morgan fingerprint density at radius 1 is 1.11 bits per heavy atom. The van der Waals surface area contributed by atoms with Crippen LogP contribution in [0, 0.1) is 6.92 Å². The monoisotopic (exact) mass is 381 g/mol. The number of benzene rings is 2. The smallest absolute Gasteiger partial charge is 0.231 e. The molecular weight excluding hydrogens is 358 g/mol. The summed E-state index contributed by atoms with van der Waals surface area (Å²) >= 11 is 0. The van der Waals surface area contributed by atoms with E-state index in [1.165, 1.54) is 6.26 Å². The van der Waals surface area contributed by atoms with Crippen molar-refractivity contribution in [3.63, 3.8) is 0 Å². The zero-order valence-corrected chi connectivity index (χ0v) is 16.0. The fourth-order valence-electron chi connectivity index (χ4n) is 3.49. The molecule has 0 fully saturated rings. The standard InChI is InChI=1S/C22H23NO5/c1-14-3-5-19-18(7-14)22(25)17(12-26-19)11-23(9-15(2)24)10-16-4-6-20-21(8-16)28-13-27-20/h3-8,12,15,24H,9-11,13H2,1-2H3. The second kappa shape index (κ2) is 7.66. The lowest BCUT2D eigenvalue weighted by Crippen LogP contribution is -2.32. The van der Waals surface area contributed by atoms with E-state index in [1.807, 2.05) is 48.2 Å². The molecule has 0 bridgehead atoms. The van der Waals surface area contributed by atoms with E-state index < -0.39 is 6.10 Å². The predicted molar refractivity (Wildman–Crippen MR) is 106 cm³/mol. The van der Waals surface area contributed by atoms with Crippen LogP contribution in [-0.4, -0.2) is 29.4 Å². The second-order valence-electron chi connectivity index (χ2n) is 7.30. The summed E-state index contributed by atoms with van der Waals surface area (Å²) in [6.07, 6.45) is 0.998. The van der Waals surface area contributed by atoms with Gasteiger partial charge in [-0.15, -0.1) is 0 Å². The lowest BCUT2D eigenvalue weighted by atomic mass is 10.1. The normalized spacial score (nSPS) is 14.0. The molecule has 1 N–H and O–H groups in total. The van der Waals surface area contributed by atoms with E-state index in [2.05, 4.69) is 0 Å². The highest BCUT2D eigenvalue weighted by Crippen LogP contribution is 2.33. The van der Waals surface area contributed by atoms with Crippen LogP contribution in [0.2, 0.25) is 0 Å². The Morgan fingerprint density at radius 2 is 1.93 bits per heavy atom. The average molecular weight is 381 g/mol. The van der Waals surface area contributed by atoms with Crippen LogP contribution in [0.25, 0.3) is 11.0 Å². The summed E-state index contributed by atoms with van der Waals surface area (Å²) < 4.78 is 16.5. The van der Waals surface area contributed by atoms with Crippen molar-refractivity contribution in [1.82, 2.24) is 4.90 Å². The number of ether oxygens (including phenoxy) is 2. The molecule has 4 rings (SSSR count). The minimum atomic E-state index is -0.524. The Bertz CT molecular complexity index is 1060.